The molecule has 3 rings (SSSR count). The number of phenols is 2. The van der Waals surface area contributed by atoms with Crippen molar-refractivity contribution in [1.29, 1.82) is 0 Å². The van der Waals surface area contributed by atoms with Gasteiger partial charge < -0.3 is 29.5 Å². The summed E-state index contributed by atoms with van der Waals surface area (Å²) in [5, 5.41) is 29.8. The Morgan fingerprint density at radius 2 is 1.88 bits per heavy atom. The number of benzene rings is 2. The molecule has 0 amide bonds. The van der Waals surface area contributed by atoms with E-state index in [2.05, 4.69) is 0 Å². The van der Waals surface area contributed by atoms with Crippen LogP contribution in [0.1, 0.15) is 22.0 Å². The Labute approximate surface area is 137 Å². The summed E-state index contributed by atoms with van der Waals surface area (Å²) in [6.45, 7) is 0. The van der Waals surface area contributed by atoms with Crippen molar-refractivity contribution < 1.29 is 34.3 Å². The zero-order chi connectivity index (χ0) is 17.4. The van der Waals surface area contributed by atoms with Gasteiger partial charge in [0.15, 0.2) is 23.7 Å². The molecule has 7 heteroatoms. The van der Waals surface area contributed by atoms with Crippen molar-refractivity contribution in [2.45, 2.75) is 12.2 Å². The SMILES string of the molecule is COc1cccc([C@H]2Oc3cc(O)cc(O)c3C(=O)[C@@H]2O)c1OC. The second-order valence-electron chi connectivity index (χ2n) is 5.27. The van der Waals surface area contributed by atoms with E-state index in [4.69, 9.17) is 14.2 Å². The van der Waals surface area contributed by atoms with Gasteiger partial charge in [0.25, 0.3) is 0 Å². The van der Waals surface area contributed by atoms with E-state index < -0.39 is 23.7 Å². The van der Waals surface area contributed by atoms with Crippen LogP contribution in [-0.2, 0) is 0 Å². The van der Waals surface area contributed by atoms with Gasteiger partial charge in [-0.05, 0) is 6.07 Å². The Bertz CT molecular complexity index is 800. The van der Waals surface area contributed by atoms with Gasteiger partial charge in [0.05, 0.1) is 14.2 Å². The third-order valence-electron chi connectivity index (χ3n) is 3.86. The van der Waals surface area contributed by atoms with Crippen LogP contribution in [0.2, 0.25) is 0 Å². The van der Waals surface area contributed by atoms with Crippen molar-refractivity contribution in [2.24, 2.45) is 0 Å². The monoisotopic (exact) mass is 332 g/mol. The van der Waals surface area contributed by atoms with Gasteiger partial charge in [-0.15, -0.1) is 0 Å². The number of Topliss-reactive ketones (excluding diaryl/α,β-unsaturated/α-hetero) is 1. The highest BCUT2D eigenvalue weighted by molar-refractivity contribution is 6.05. The van der Waals surface area contributed by atoms with Crippen LogP contribution >= 0.6 is 0 Å². The highest BCUT2D eigenvalue weighted by Crippen LogP contribution is 2.45. The molecule has 1 aliphatic heterocycles. The standard InChI is InChI=1S/C17H16O7/c1-22-11-5-3-4-9(16(11)23-2)17-15(21)14(20)13-10(19)6-8(18)7-12(13)24-17/h3-7,15,17-19,21H,1-2H3/t15-,17+/m0/s1. The first-order valence-corrected chi connectivity index (χ1v) is 7.13. The number of para-hydroxylation sites is 1. The molecular formula is C17H16O7. The number of methoxy groups -OCH3 is 2. The van der Waals surface area contributed by atoms with Crippen molar-refractivity contribution >= 4 is 5.78 Å². The molecule has 0 spiro atoms. The zero-order valence-electron chi connectivity index (χ0n) is 13.0. The van der Waals surface area contributed by atoms with E-state index in [0.717, 1.165) is 6.07 Å². The fraction of sp³-hybridized carbons (Fsp3) is 0.235. The van der Waals surface area contributed by atoms with E-state index in [0.29, 0.717) is 17.1 Å². The maximum Gasteiger partial charge on any atom is 0.202 e. The van der Waals surface area contributed by atoms with Crippen LogP contribution in [0.5, 0.6) is 28.7 Å². The smallest absolute Gasteiger partial charge is 0.202 e. The van der Waals surface area contributed by atoms with Crippen LogP contribution < -0.4 is 14.2 Å². The number of ketones is 1. The first kappa shape index (κ1) is 15.9. The van der Waals surface area contributed by atoms with Crippen LogP contribution in [0.25, 0.3) is 0 Å². The molecule has 2 aromatic carbocycles. The zero-order valence-corrected chi connectivity index (χ0v) is 13.0. The molecule has 3 N–H and O–H groups in total. The van der Waals surface area contributed by atoms with Gasteiger partial charge >= 0.3 is 0 Å². The van der Waals surface area contributed by atoms with Gasteiger partial charge in [-0.25, -0.2) is 0 Å². The molecule has 2 aromatic rings. The number of hydrogen-bond acceptors (Lipinski definition) is 7. The van der Waals surface area contributed by atoms with E-state index in [9.17, 15) is 20.1 Å². The molecule has 0 saturated heterocycles. The van der Waals surface area contributed by atoms with Gasteiger partial charge in [0.1, 0.15) is 22.8 Å². The minimum Gasteiger partial charge on any atom is -0.508 e. The lowest BCUT2D eigenvalue weighted by atomic mass is 9.92. The minimum absolute atomic E-state index is 0.0160. The molecule has 126 valence electrons. The van der Waals surface area contributed by atoms with Gasteiger partial charge in [0.2, 0.25) is 5.78 Å². The maximum absolute atomic E-state index is 12.4. The molecule has 1 heterocycles. The fourth-order valence-corrected chi connectivity index (χ4v) is 2.78. The van der Waals surface area contributed by atoms with Crippen LogP contribution in [0.15, 0.2) is 30.3 Å². The molecule has 0 saturated carbocycles. The van der Waals surface area contributed by atoms with Gasteiger partial charge in [0, 0.05) is 17.7 Å². The molecule has 2 atom stereocenters. The number of carbonyl (C=O) groups excluding carboxylic acids is 1. The third-order valence-corrected chi connectivity index (χ3v) is 3.86. The van der Waals surface area contributed by atoms with Crippen molar-refractivity contribution in [2.75, 3.05) is 14.2 Å². The molecule has 0 bridgehead atoms. The van der Waals surface area contributed by atoms with E-state index in [1.165, 1.54) is 20.3 Å². The molecule has 0 aliphatic carbocycles. The quantitative estimate of drug-likeness (QED) is 0.787. The van der Waals surface area contributed by atoms with Crippen LogP contribution in [-0.4, -0.2) is 41.4 Å². The highest BCUT2D eigenvalue weighted by Gasteiger charge is 2.40. The minimum atomic E-state index is -1.55. The van der Waals surface area contributed by atoms with Crippen LogP contribution in [0.3, 0.4) is 0 Å². The summed E-state index contributed by atoms with van der Waals surface area (Å²) in [5.74, 6) is -0.689. The first-order valence-electron chi connectivity index (χ1n) is 7.13. The lowest BCUT2D eigenvalue weighted by Crippen LogP contribution is -2.36. The van der Waals surface area contributed by atoms with E-state index >= 15 is 0 Å². The lowest BCUT2D eigenvalue weighted by molar-refractivity contribution is 0.0201. The van der Waals surface area contributed by atoms with Gasteiger partial charge in [-0.2, -0.15) is 0 Å². The van der Waals surface area contributed by atoms with Crippen molar-refractivity contribution in [1.82, 2.24) is 0 Å². The maximum atomic E-state index is 12.4. The number of aliphatic hydroxyl groups excluding tert-OH is 1. The largest absolute Gasteiger partial charge is 0.508 e. The van der Waals surface area contributed by atoms with Crippen LogP contribution in [0, 0.1) is 0 Å². The average Bonchev–Trinajstić information content (AvgIpc) is 2.56. The summed E-state index contributed by atoms with van der Waals surface area (Å²) in [6, 6.07) is 7.20. The second-order valence-corrected chi connectivity index (χ2v) is 5.27. The first-order chi connectivity index (χ1) is 11.5. The summed E-state index contributed by atoms with van der Waals surface area (Å²) < 4.78 is 16.2. The van der Waals surface area contributed by atoms with Crippen LogP contribution in [0.4, 0.5) is 0 Å². The number of phenolic OH excluding ortho intramolecular Hbond substituents is 2. The van der Waals surface area contributed by atoms with E-state index in [-0.39, 0.29) is 17.1 Å². The van der Waals surface area contributed by atoms with E-state index in [1.807, 2.05) is 0 Å². The van der Waals surface area contributed by atoms with Crippen molar-refractivity contribution in [3.8, 4) is 28.7 Å². The number of rotatable bonds is 3. The topological polar surface area (TPSA) is 105 Å². The number of aromatic hydroxyl groups is 2. The average molecular weight is 332 g/mol. The molecule has 24 heavy (non-hydrogen) atoms. The van der Waals surface area contributed by atoms with E-state index in [1.54, 1.807) is 18.2 Å². The summed E-state index contributed by atoms with van der Waals surface area (Å²) in [5.41, 5.74) is 0.240. The summed E-state index contributed by atoms with van der Waals surface area (Å²) >= 11 is 0. The fourth-order valence-electron chi connectivity index (χ4n) is 2.78. The Kier molecular flexibility index (Phi) is 3.94. The number of aliphatic hydroxyl groups is 1. The molecule has 0 fully saturated rings. The van der Waals surface area contributed by atoms with Crippen molar-refractivity contribution in [3.63, 3.8) is 0 Å². The summed E-state index contributed by atoms with van der Waals surface area (Å²) in [6.07, 6.45) is -2.62. The molecule has 0 unspecified atom stereocenters. The summed E-state index contributed by atoms with van der Waals surface area (Å²) in [4.78, 5) is 12.4. The predicted octanol–water partition coefficient (Wildman–Crippen LogP) is 1.79. The molecule has 0 aromatic heterocycles. The Morgan fingerprint density at radius 1 is 1.12 bits per heavy atom. The number of ether oxygens (including phenoxy) is 3. The predicted molar refractivity (Wildman–Crippen MR) is 83.0 cm³/mol. The number of hydrogen-bond donors (Lipinski definition) is 3. The second kappa shape index (κ2) is 5.93. The summed E-state index contributed by atoms with van der Waals surface area (Å²) in [7, 11) is 2.90. The molecule has 7 nitrogen and oxygen atoms in total. The highest BCUT2D eigenvalue weighted by atomic mass is 16.5. The van der Waals surface area contributed by atoms with Gasteiger partial charge in [-0.3, -0.25) is 4.79 Å². The Morgan fingerprint density at radius 3 is 2.54 bits per heavy atom. The molecule has 0 radical (unpaired) electrons. The number of carbonyl (C=O) groups is 1. The normalized spacial score (nSPS) is 19.4. The molecule has 1 aliphatic rings. The number of fused-ring (bicyclic) bond motifs is 1. The molecular weight excluding hydrogens is 316 g/mol. The Balaban J connectivity index is 2.13. The lowest BCUT2D eigenvalue weighted by Gasteiger charge is -2.31. The van der Waals surface area contributed by atoms with Crippen molar-refractivity contribution in [3.05, 3.63) is 41.5 Å². The van der Waals surface area contributed by atoms with Gasteiger partial charge in [-0.1, -0.05) is 12.1 Å². The third kappa shape index (κ3) is 2.39. The Hall–Kier alpha value is -2.93.